The number of ketones is 1. The van der Waals surface area contributed by atoms with Gasteiger partial charge in [0.1, 0.15) is 12.2 Å². The van der Waals surface area contributed by atoms with E-state index in [1.165, 1.54) is 0 Å². The lowest BCUT2D eigenvalue weighted by atomic mass is 9.57. The number of carbonyl (C=O) groups is 2. The van der Waals surface area contributed by atoms with Crippen LogP contribution in [0, 0.1) is 23.2 Å². The van der Waals surface area contributed by atoms with E-state index in [1.54, 1.807) is 13.0 Å². The Morgan fingerprint density at radius 1 is 1.41 bits per heavy atom. The molecule has 0 spiro atoms. The molecule has 6 heteroatoms. The second-order valence-electron chi connectivity index (χ2n) is 10.2. The Balaban J connectivity index is 1.82. The Kier molecular flexibility index (Phi) is 6.90. The Bertz CT molecular complexity index is 856. The second kappa shape index (κ2) is 8.88. The van der Waals surface area contributed by atoms with E-state index in [0.717, 1.165) is 24.0 Å². The van der Waals surface area contributed by atoms with Gasteiger partial charge >= 0.3 is 5.97 Å². The molecule has 6 nitrogen and oxygen atoms in total. The van der Waals surface area contributed by atoms with Crippen LogP contribution < -0.4 is 0 Å². The van der Waals surface area contributed by atoms with Crippen LogP contribution >= 0.6 is 0 Å². The van der Waals surface area contributed by atoms with E-state index >= 15 is 0 Å². The predicted octanol–water partition coefficient (Wildman–Crippen LogP) is 3.52. The second-order valence-corrected chi connectivity index (χ2v) is 10.2. The summed E-state index contributed by atoms with van der Waals surface area (Å²) in [6, 6.07) is 0. The van der Waals surface area contributed by atoms with E-state index in [2.05, 4.69) is 27.4 Å². The van der Waals surface area contributed by atoms with E-state index < -0.39 is 41.2 Å². The highest BCUT2D eigenvalue weighted by Gasteiger charge is 2.74. The van der Waals surface area contributed by atoms with Crippen molar-refractivity contribution in [1.29, 1.82) is 0 Å². The first-order valence-electron chi connectivity index (χ1n) is 11.7. The Morgan fingerprint density at radius 3 is 2.66 bits per heavy atom. The highest BCUT2D eigenvalue weighted by molar-refractivity contribution is 6.05. The lowest BCUT2D eigenvalue weighted by Gasteiger charge is -2.47. The number of hydrogen-bond acceptors (Lipinski definition) is 6. The van der Waals surface area contributed by atoms with Crippen molar-refractivity contribution >= 4 is 11.8 Å². The van der Waals surface area contributed by atoms with Crippen molar-refractivity contribution < 1.29 is 29.3 Å². The van der Waals surface area contributed by atoms with Gasteiger partial charge in [0.05, 0.1) is 18.6 Å². The molecule has 1 saturated carbocycles. The van der Waals surface area contributed by atoms with E-state index in [-0.39, 0.29) is 18.3 Å². The van der Waals surface area contributed by atoms with Crippen molar-refractivity contribution in [2.45, 2.75) is 84.7 Å². The number of ether oxygens (including phenoxy) is 2. The summed E-state index contributed by atoms with van der Waals surface area (Å²) in [7, 11) is 0. The molecule has 3 rings (SSSR count). The molecule has 2 fully saturated rings. The summed E-state index contributed by atoms with van der Waals surface area (Å²) >= 11 is 0. The minimum atomic E-state index is -1.16. The summed E-state index contributed by atoms with van der Waals surface area (Å²) < 4.78 is 11.8. The van der Waals surface area contributed by atoms with Crippen molar-refractivity contribution in [3.8, 4) is 0 Å². The third-order valence-electron chi connectivity index (χ3n) is 8.15. The maximum absolute atomic E-state index is 13.0. The molecule has 1 aliphatic heterocycles. The number of hydrogen-bond donors (Lipinski definition) is 2. The Labute approximate surface area is 191 Å². The lowest BCUT2D eigenvalue weighted by Crippen LogP contribution is -2.51. The molecule has 8 atom stereocenters. The molecule has 178 valence electrons. The number of rotatable bonds is 8. The van der Waals surface area contributed by atoms with Crippen molar-refractivity contribution in [2.24, 2.45) is 23.2 Å². The van der Waals surface area contributed by atoms with E-state index in [0.29, 0.717) is 17.9 Å². The SMILES string of the molecule is C=C(CO)C12OC1C1(C)C(=CC2=O)C(OC(=O)C(C)C(O)C(C)=CC(C)CC)CCC1C. The molecule has 0 amide bonds. The van der Waals surface area contributed by atoms with Crippen molar-refractivity contribution in [3.63, 3.8) is 0 Å². The molecule has 0 radical (unpaired) electrons. The third kappa shape index (κ3) is 3.80. The fraction of sp³-hybridized carbons (Fsp3) is 0.692. The summed E-state index contributed by atoms with van der Waals surface area (Å²) in [5.74, 6) is -0.910. The minimum Gasteiger partial charge on any atom is -0.458 e. The van der Waals surface area contributed by atoms with Crippen LogP contribution in [0.1, 0.15) is 60.8 Å². The van der Waals surface area contributed by atoms with Crippen LogP contribution in [0.3, 0.4) is 0 Å². The summed E-state index contributed by atoms with van der Waals surface area (Å²) in [6.45, 7) is 15.4. The van der Waals surface area contributed by atoms with Gasteiger partial charge in [-0.05, 0) is 61.3 Å². The molecular formula is C26H38O6. The average Bonchev–Trinajstić information content (AvgIpc) is 3.54. The summed E-state index contributed by atoms with van der Waals surface area (Å²) in [6.07, 6.45) is 4.06. The minimum absolute atomic E-state index is 0.207. The zero-order chi connectivity index (χ0) is 24.0. The molecule has 1 heterocycles. The van der Waals surface area contributed by atoms with Crippen molar-refractivity contribution in [3.05, 3.63) is 35.5 Å². The van der Waals surface area contributed by atoms with Crippen LogP contribution in [0.2, 0.25) is 0 Å². The highest BCUT2D eigenvalue weighted by Crippen LogP contribution is 2.63. The Morgan fingerprint density at radius 2 is 2.06 bits per heavy atom. The van der Waals surface area contributed by atoms with Gasteiger partial charge in [-0.3, -0.25) is 9.59 Å². The van der Waals surface area contributed by atoms with E-state index in [1.807, 2.05) is 19.9 Å². The van der Waals surface area contributed by atoms with Gasteiger partial charge < -0.3 is 19.7 Å². The zero-order valence-electron chi connectivity index (χ0n) is 20.2. The summed E-state index contributed by atoms with van der Waals surface area (Å²) in [4.78, 5) is 26.0. The van der Waals surface area contributed by atoms with Gasteiger partial charge in [0.15, 0.2) is 11.4 Å². The topological polar surface area (TPSA) is 96.4 Å². The number of carbonyl (C=O) groups excluding carboxylic acids is 2. The molecule has 8 unspecified atom stereocenters. The summed E-state index contributed by atoms with van der Waals surface area (Å²) in [5.41, 5.74) is 0.247. The van der Waals surface area contributed by atoms with Crippen LogP contribution in [0.25, 0.3) is 0 Å². The summed E-state index contributed by atoms with van der Waals surface area (Å²) in [5, 5.41) is 20.3. The van der Waals surface area contributed by atoms with Gasteiger partial charge in [-0.1, -0.05) is 46.8 Å². The molecule has 3 aliphatic rings. The normalized spacial score (nSPS) is 36.9. The first-order chi connectivity index (χ1) is 14.9. The van der Waals surface area contributed by atoms with Crippen LogP contribution in [-0.4, -0.2) is 52.5 Å². The predicted molar refractivity (Wildman–Crippen MR) is 122 cm³/mol. The van der Waals surface area contributed by atoms with E-state index in [4.69, 9.17) is 9.47 Å². The first-order valence-corrected chi connectivity index (χ1v) is 11.7. The molecule has 0 aromatic heterocycles. The van der Waals surface area contributed by atoms with Gasteiger partial charge in [0.25, 0.3) is 0 Å². The van der Waals surface area contributed by atoms with Gasteiger partial charge in [0, 0.05) is 5.41 Å². The van der Waals surface area contributed by atoms with Crippen molar-refractivity contribution in [2.75, 3.05) is 6.61 Å². The molecule has 0 bridgehead atoms. The molecular weight excluding hydrogens is 408 g/mol. The number of aliphatic hydroxyl groups excluding tert-OH is 2. The van der Waals surface area contributed by atoms with Crippen molar-refractivity contribution in [1.82, 2.24) is 0 Å². The number of allylic oxidation sites excluding steroid dienone is 1. The van der Waals surface area contributed by atoms with Crippen LogP contribution in [0.4, 0.5) is 0 Å². The number of epoxide rings is 1. The highest BCUT2D eigenvalue weighted by atomic mass is 16.6. The van der Waals surface area contributed by atoms with Gasteiger partial charge in [-0.25, -0.2) is 0 Å². The van der Waals surface area contributed by atoms with Crippen LogP contribution in [-0.2, 0) is 19.1 Å². The fourth-order valence-electron chi connectivity index (χ4n) is 5.40. The first kappa shape index (κ1) is 24.9. The van der Waals surface area contributed by atoms with Gasteiger partial charge in [-0.2, -0.15) is 0 Å². The van der Waals surface area contributed by atoms with E-state index in [9.17, 15) is 19.8 Å². The van der Waals surface area contributed by atoms with Gasteiger partial charge in [-0.15, -0.1) is 0 Å². The van der Waals surface area contributed by atoms with Crippen LogP contribution in [0.15, 0.2) is 35.5 Å². The standard InChI is InChI=1S/C26H38O6/c1-8-14(2)11-15(3)22(29)18(6)23(30)31-20-10-9-16(4)25(7)19(20)12-21(28)26(17(5)13-27)24(25)32-26/h11-12,14,16,18,20,22,24,27,29H,5,8-10,13H2,1-4,6-7H3. The molecule has 32 heavy (non-hydrogen) atoms. The third-order valence-corrected chi connectivity index (χ3v) is 8.15. The van der Waals surface area contributed by atoms with Gasteiger partial charge in [0.2, 0.25) is 0 Å². The molecule has 2 aliphatic carbocycles. The lowest BCUT2D eigenvalue weighted by molar-refractivity contribution is -0.157. The number of fused-ring (bicyclic) bond motifs is 3. The molecule has 0 aromatic carbocycles. The largest absolute Gasteiger partial charge is 0.458 e. The zero-order valence-corrected chi connectivity index (χ0v) is 20.2. The molecule has 2 N–H and O–H groups in total. The molecule has 0 aromatic rings. The quantitative estimate of drug-likeness (QED) is 0.336. The maximum Gasteiger partial charge on any atom is 0.312 e. The average molecular weight is 447 g/mol. The van der Waals surface area contributed by atoms with Crippen LogP contribution in [0.5, 0.6) is 0 Å². The number of esters is 1. The monoisotopic (exact) mass is 446 g/mol. The smallest absolute Gasteiger partial charge is 0.312 e. The number of aliphatic hydroxyl groups is 2. The maximum atomic E-state index is 13.0. The molecule has 1 saturated heterocycles. The Hall–Kier alpha value is -1.76. The fourth-order valence-corrected chi connectivity index (χ4v) is 5.40.